The maximum Gasteiger partial charge on any atom is 0.472 e. The van der Waals surface area contributed by atoms with E-state index in [0.29, 0.717) is 17.4 Å². The van der Waals surface area contributed by atoms with Gasteiger partial charge in [-0.3, -0.25) is 18.6 Å². The molecule has 2 atom stereocenters. The summed E-state index contributed by atoms with van der Waals surface area (Å²) in [4.78, 5) is 35.4. The number of hydrogen-bond acceptors (Lipinski definition) is 7. The largest absolute Gasteiger partial charge is 0.472 e. The summed E-state index contributed by atoms with van der Waals surface area (Å²) in [7, 11) is 1.47. The molecule has 0 aromatic rings. The molecule has 0 heterocycles. The van der Waals surface area contributed by atoms with Crippen LogP contribution in [-0.2, 0) is 32.7 Å². The van der Waals surface area contributed by atoms with Gasteiger partial charge < -0.3 is 18.9 Å². The lowest BCUT2D eigenvalue weighted by Crippen LogP contribution is -2.37. The number of carbonyl (C=O) groups excluding carboxylic acids is 2. The molecule has 0 saturated heterocycles. The van der Waals surface area contributed by atoms with Gasteiger partial charge in [-0.15, -0.1) is 0 Å². The molecule has 0 spiro atoms. The molecule has 0 aromatic heterocycles. The third-order valence-electron chi connectivity index (χ3n) is 10.9. The smallest absolute Gasteiger partial charge is 0.462 e. The highest BCUT2D eigenvalue weighted by atomic mass is 31.2. The molecule has 0 aliphatic carbocycles. The van der Waals surface area contributed by atoms with E-state index in [9.17, 15) is 19.0 Å². The van der Waals surface area contributed by atoms with Gasteiger partial charge in [-0.2, -0.15) is 0 Å². The summed E-state index contributed by atoms with van der Waals surface area (Å²) in [6, 6.07) is 0. The molecule has 9 nitrogen and oxygen atoms in total. The molecule has 10 heteroatoms. The molecule has 0 rings (SSSR count). The third kappa shape index (κ3) is 50.6. The van der Waals surface area contributed by atoms with Gasteiger partial charge in [-0.1, -0.05) is 208 Å². The predicted molar refractivity (Wildman–Crippen MR) is 279 cm³/mol. The highest BCUT2D eigenvalue weighted by Crippen LogP contribution is 2.43. The molecule has 0 radical (unpaired) electrons. The van der Waals surface area contributed by atoms with E-state index in [1.807, 2.05) is 21.1 Å². The Morgan fingerprint density at radius 2 is 0.864 bits per heavy atom. The molecule has 0 bridgehead atoms. The van der Waals surface area contributed by atoms with Crippen LogP contribution in [0.15, 0.2) is 85.1 Å². The van der Waals surface area contributed by atoms with Crippen molar-refractivity contribution in [2.24, 2.45) is 0 Å². The molecule has 2 unspecified atom stereocenters. The zero-order chi connectivity index (χ0) is 48.5. The quantitative estimate of drug-likeness (QED) is 0.0211. The average molecular weight is 945 g/mol. The minimum absolute atomic E-state index is 0.0290. The molecular weight excluding hydrogens is 846 g/mol. The first kappa shape index (κ1) is 63.2. The average Bonchev–Trinajstić information content (AvgIpc) is 3.27. The first-order valence-electron chi connectivity index (χ1n) is 26.3. The normalized spacial score (nSPS) is 14.1. The number of phosphoric acid groups is 1. The van der Waals surface area contributed by atoms with E-state index in [2.05, 4.69) is 98.9 Å². The van der Waals surface area contributed by atoms with Gasteiger partial charge in [0, 0.05) is 12.8 Å². The van der Waals surface area contributed by atoms with Crippen molar-refractivity contribution in [1.29, 1.82) is 0 Å². The van der Waals surface area contributed by atoms with Crippen LogP contribution in [0.3, 0.4) is 0 Å². The number of ether oxygens (including phenoxy) is 2. The van der Waals surface area contributed by atoms with E-state index in [-0.39, 0.29) is 32.0 Å². The van der Waals surface area contributed by atoms with Crippen LogP contribution in [0, 0.1) is 0 Å². The van der Waals surface area contributed by atoms with Gasteiger partial charge in [-0.25, -0.2) is 4.57 Å². The van der Waals surface area contributed by atoms with Gasteiger partial charge in [0.15, 0.2) is 6.10 Å². The van der Waals surface area contributed by atoms with Gasteiger partial charge in [0.05, 0.1) is 27.7 Å². The monoisotopic (exact) mass is 945 g/mol. The molecule has 380 valence electrons. The van der Waals surface area contributed by atoms with E-state index in [4.69, 9.17) is 18.5 Å². The van der Waals surface area contributed by atoms with Crippen molar-refractivity contribution in [3.63, 3.8) is 0 Å². The Hall–Kier alpha value is -2.81. The number of allylic oxidation sites excluding steroid dienone is 14. The minimum Gasteiger partial charge on any atom is -0.462 e. The van der Waals surface area contributed by atoms with Gasteiger partial charge in [0.25, 0.3) is 0 Å². The van der Waals surface area contributed by atoms with Crippen molar-refractivity contribution in [3.8, 4) is 0 Å². The second-order valence-electron chi connectivity index (χ2n) is 18.5. The molecule has 0 saturated carbocycles. The third-order valence-corrected chi connectivity index (χ3v) is 11.9. The van der Waals surface area contributed by atoms with Crippen LogP contribution >= 0.6 is 7.82 Å². The number of likely N-dealkylation sites (N-methyl/N-ethyl adjacent to an activating group) is 1. The minimum atomic E-state index is -4.38. The number of phosphoric ester groups is 1. The van der Waals surface area contributed by atoms with Crippen LogP contribution in [0.2, 0.25) is 0 Å². The second-order valence-corrected chi connectivity index (χ2v) is 20.0. The zero-order valence-electron chi connectivity index (χ0n) is 42.9. The van der Waals surface area contributed by atoms with Crippen LogP contribution in [-0.4, -0.2) is 74.9 Å². The van der Waals surface area contributed by atoms with Crippen LogP contribution in [0.4, 0.5) is 0 Å². The van der Waals surface area contributed by atoms with Crippen LogP contribution in [0.1, 0.15) is 206 Å². The fourth-order valence-electron chi connectivity index (χ4n) is 6.88. The molecule has 0 aromatic carbocycles. The Labute approximate surface area is 405 Å². The maximum absolute atomic E-state index is 12.7. The second kappa shape index (κ2) is 47.3. The Balaban J connectivity index is 4.07. The zero-order valence-corrected chi connectivity index (χ0v) is 43.8. The highest BCUT2D eigenvalue weighted by molar-refractivity contribution is 7.47. The summed E-state index contributed by atoms with van der Waals surface area (Å²) < 4.78 is 34.3. The van der Waals surface area contributed by atoms with Gasteiger partial charge >= 0.3 is 19.8 Å². The maximum atomic E-state index is 12.7. The SMILES string of the molecule is CC/C=C\C/C=C\C/C=C\C/C=C\C/C=C\C/C=C\C/C=C\CCCCCCCCCCCCCC(=O)OC(COC(=O)CCCCCCCCCCC)COP(=O)(O)OCC[N+](C)(C)C. The molecule has 0 fully saturated rings. The summed E-state index contributed by atoms with van der Waals surface area (Å²) in [5.74, 6) is -0.806. The Morgan fingerprint density at radius 1 is 0.485 bits per heavy atom. The van der Waals surface area contributed by atoms with E-state index in [1.54, 1.807) is 0 Å². The molecular formula is C56H99NO8P+. The molecule has 0 amide bonds. The summed E-state index contributed by atoms with van der Waals surface area (Å²) in [6.07, 6.45) is 62.3. The van der Waals surface area contributed by atoms with Crippen molar-refractivity contribution in [3.05, 3.63) is 85.1 Å². The van der Waals surface area contributed by atoms with E-state index in [0.717, 1.165) is 89.9 Å². The predicted octanol–water partition coefficient (Wildman–Crippen LogP) is 15.9. The topological polar surface area (TPSA) is 108 Å². The van der Waals surface area contributed by atoms with Crippen LogP contribution in [0.25, 0.3) is 0 Å². The van der Waals surface area contributed by atoms with E-state index in [1.165, 1.54) is 83.5 Å². The number of carbonyl (C=O) groups is 2. The summed E-state index contributed by atoms with van der Waals surface area (Å²) in [5, 5.41) is 0. The highest BCUT2D eigenvalue weighted by Gasteiger charge is 2.27. The number of esters is 2. The number of rotatable bonds is 47. The number of quaternary nitrogens is 1. The standard InChI is InChI=1S/C56H98NO8P/c1-6-8-10-12-14-16-17-18-19-20-21-22-23-24-25-26-27-28-29-30-31-32-33-34-35-36-37-38-39-41-43-45-47-49-56(59)65-54(53-64-66(60,61)63-51-50-57(3,4)5)52-62-55(58)48-46-44-42-40-15-13-11-9-7-2/h8,10,14,16,18-19,21-22,24-25,27-28,30-31,54H,6-7,9,11-13,15,17,20,23,26,29,32-53H2,1-5H3/p+1/b10-8-,16-14-,19-18-,22-21-,25-24-,28-27-,31-30-. The van der Waals surface area contributed by atoms with Crippen LogP contribution < -0.4 is 0 Å². The van der Waals surface area contributed by atoms with Crippen molar-refractivity contribution < 1.29 is 42.1 Å². The summed E-state index contributed by atoms with van der Waals surface area (Å²) >= 11 is 0. The van der Waals surface area contributed by atoms with Gasteiger partial charge in [0.1, 0.15) is 19.8 Å². The molecule has 1 N–H and O–H groups in total. The van der Waals surface area contributed by atoms with Crippen LogP contribution in [0.5, 0.6) is 0 Å². The Bertz CT molecular complexity index is 1390. The molecule has 0 aliphatic rings. The first-order valence-corrected chi connectivity index (χ1v) is 27.8. The summed E-state index contributed by atoms with van der Waals surface area (Å²) in [5.41, 5.74) is 0. The lowest BCUT2D eigenvalue weighted by Gasteiger charge is -2.24. The van der Waals surface area contributed by atoms with Crippen molar-refractivity contribution in [1.82, 2.24) is 0 Å². The molecule has 0 aliphatic heterocycles. The lowest BCUT2D eigenvalue weighted by atomic mass is 10.0. The Morgan fingerprint density at radius 3 is 1.29 bits per heavy atom. The molecule has 66 heavy (non-hydrogen) atoms. The van der Waals surface area contributed by atoms with Crippen molar-refractivity contribution in [2.75, 3.05) is 47.5 Å². The van der Waals surface area contributed by atoms with Crippen molar-refractivity contribution >= 4 is 19.8 Å². The van der Waals surface area contributed by atoms with E-state index >= 15 is 0 Å². The number of unbranched alkanes of at least 4 members (excludes halogenated alkanes) is 19. The number of nitrogens with zero attached hydrogens (tertiary/aromatic N) is 1. The fourth-order valence-corrected chi connectivity index (χ4v) is 7.62. The summed E-state index contributed by atoms with van der Waals surface area (Å²) in [6.45, 7) is 4.28. The van der Waals surface area contributed by atoms with Crippen molar-refractivity contribution in [2.45, 2.75) is 213 Å². The first-order chi connectivity index (χ1) is 32.0. The van der Waals surface area contributed by atoms with E-state index < -0.39 is 26.5 Å². The number of hydrogen-bond donors (Lipinski definition) is 1. The fraction of sp³-hybridized carbons (Fsp3) is 0.714. The van der Waals surface area contributed by atoms with Gasteiger partial charge in [0.2, 0.25) is 0 Å². The lowest BCUT2D eigenvalue weighted by molar-refractivity contribution is -0.870. The Kier molecular flexibility index (Phi) is 45.3. The van der Waals surface area contributed by atoms with Gasteiger partial charge in [-0.05, 0) is 70.6 Å².